The molecule has 15 heavy (non-hydrogen) atoms. The summed E-state index contributed by atoms with van der Waals surface area (Å²) in [5.74, 6) is 0.607. The number of rotatable bonds is 5. The number of carbonyl (C=O) groups excluding carboxylic acids is 1. The topological polar surface area (TPSA) is 76.0 Å². The Bertz CT molecular complexity index is 259. The Morgan fingerprint density at radius 2 is 2.40 bits per heavy atom. The van der Waals surface area contributed by atoms with Crippen LogP contribution < -0.4 is 0 Å². The fourth-order valence-corrected chi connectivity index (χ4v) is 1.04. The highest BCUT2D eigenvalue weighted by molar-refractivity contribution is 5.52. The monoisotopic (exact) mass is 214 g/mol. The van der Waals surface area contributed by atoms with E-state index in [4.69, 9.17) is 19.7 Å². The van der Waals surface area contributed by atoms with E-state index in [0.29, 0.717) is 18.8 Å². The average molecular weight is 214 g/mol. The standard InChI is InChI=1S/C10H14O5/c11-5-1-2-9-7-14-10(15-9)4-3-8(13)6-12/h2-5,8,10,12-13H,1,6-7H2. The van der Waals surface area contributed by atoms with Gasteiger partial charge in [-0.1, -0.05) is 6.08 Å². The second-order valence-corrected chi connectivity index (χ2v) is 3.00. The summed E-state index contributed by atoms with van der Waals surface area (Å²) in [4.78, 5) is 10.1. The van der Waals surface area contributed by atoms with Crippen LogP contribution in [0.3, 0.4) is 0 Å². The molecule has 0 aromatic rings. The highest BCUT2D eigenvalue weighted by Gasteiger charge is 2.17. The Morgan fingerprint density at radius 3 is 3.07 bits per heavy atom. The van der Waals surface area contributed by atoms with Crippen molar-refractivity contribution in [3.8, 4) is 0 Å². The number of allylic oxidation sites excluding steroid dienone is 1. The zero-order chi connectivity index (χ0) is 11.1. The van der Waals surface area contributed by atoms with Crippen LogP contribution in [0.1, 0.15) is 6.42 Å². The maximum Gasteiger partial charge on any atom is 0.219 e. The van der Waals surface area contributed by atoms with E-state index >= 15 is 0 Å². The quantitative estimate of drug-likeness (QED) is 0.487. The first-order chi connectivity index (χ1) is 7.26. The van der Waals surface area contributed by atoms with Crippen molar-refractivity contribution >= 4 is 6.29 Å². The lowest BCUT2D eigenvalue weighted by atomic mass is 10.3. The van der Waals surface area contributed by atoms with Crippen LogP contribution >= 0.6 is 0 Å². The van der Waals surface area contributed by atoms with Crippen molar-refractivity contribution in [1.82, 2.24) is 0 Å². The van der Waals surface area contributed by atoms with Gasteiger partial charge in [0.05, 0.1) is 12.7 Å². The smallest absolute Gasteiger partial charge is 0.219 e. The lowest BCUT2D eigenvalue weighted by Crippen LogP contribution is -2.10. The average Bonchev–Trinajstić information content (AvgIpc) is 2.71. The summed E-state index contributed by atoms with van der Waals surface area (Å²) < 4.78 is 10.4. The number of hydrogen-bond donors (Lipinski definition) is 2. The normalized spacial score (nSPS) is 25.7. The van der Waals surface area contributed by atoms with Gasteiger partial charge in [0.15, 0.2) is 0 Å². The molecule has 5 heteroatoms. The summed E-state index contributed by atoms with van der Waals surface area (Å²) in [6.45, 7) is -0.0187. The Kier molecular flexibility index (Phi) is 5.03. The van der Waals surface area contributed by atoms with Gasteiger partial charge in [-0.05, 0) is 12.2 Å². The van der Waals surface area contributed by atoms with Crippen molar-refractivity contribution in [2.24, 2.45) is 0 Å². The second-order valence-electron chi connectivity index (χ2n) is 3.00. The first-order valence-corrected chi connectivity index (χ1v) is 4.64. The Labute approximate surface area is 87.6 Å². The summed E-state index contributed by atoms with van der Waals surface area (Å²) in [6, 6.07) is 0. The number of aliphatic hydroxyl groups excluding tert-OH is 2. The third-order valence-electron chi connectivity index (χ3n) is 1.78. The largest absolute Gasteiger partial charge is 0.463 e. The molecular weight excluding hydrogens is 200 g/mol. The summed E-state index contributed by atoms with van der Waals surface area (Å²) >= 11 is 0. The van der Waals surface area contributed by atoms with Crippen LogP contribution in [0.25, 0.3) is 0 Å². The minimum absolute atomic E-state index is 0.300. The van der Waals surface area contributed by atoms with Gasteiger partial charge in [-0.2, -0.15) is 0 Å². The van der Waals surface area contributed by atoms with Crippen LogP contribution in [-0.2, 0) is 14.3 Å². The molecule has 0 spiro atoms. The van der Waals surface area contributed by atoms with Crippen LogP contribution in [0.2, 0.25) is 0 Å². The molecule has 0 saturated carbocycles. The molecule has 2 N–H and O–H groups in total. The molecule has 1 rings (SSSR count). The SMILES string of the molecule is O=CCC=C1COC(C=CC(O)CO)O1. The van der Waals surface area contributed by atoms with E-state index in [1.54, 1.807) is 6.08 Å². The van der Waals surface area contributed by atoms with Crippen LogP contribution in [0.5, 0.6) is 0 Å². The minimum Gasteiger partial charge on any atom is -0.463 e. The van der Waals surface area contributed by atoms with Crippen LogP contribution in [0.15, 0.2) is 24.0 Å². The zero-order valence-corrected chi connectivity index (χ0v) is 8.20. The Morgan fingerprint density at radius 1 is 1.60 bits per heavy atom. The van der Waals surface area contributed by atoms with Crippen molar-refractivity contribution in [1.29, 1.82) is 0 Å². The number of hydrogen-bond acceptors (Lipinski definition) is 5. The van der Waals surface area contributed by atoms with Crippen molar-refractivity contribution in [2.45, 2.75) is 18.8 Å². The van der Waals surface area contributed by atoms with Gasteiger partial charge >= 0.3 is 0 Å². The summed E-state index contributed by atoms with van der Waals surface area (Å²) in [5, 5.41) is 17.6. The van der Waals surface area contributed by atoms with Gasteiger partial charge in [-0.25, -0.2) is 0 Å². The zero-order valence-electron chi connectivity index (χ0n) is 8.20. The van der Waals surface area contributed by atoms with Crippen molar-refractivity contribution in [3.63, 3.8) is 0 Å². The molecule has 0 aliphatic carbocycles. The first kappa shape index (κ1) is 11.9. The van der Waals surface area contributed by atoms with E-state index in [2.05, 4.69) is 0 Å². The van der Waals surface area contributed by atoms with E-state index < -0.39 is 12.4 Å². The molecule has 2 unspecified atom stereocenters. The molecule has 1 heterocycles. The molecule has 0 bridgehead atoms. The molecule has 1 aliphatic rings. The van der Waals surface area contributed by atoms with Gasteiger partial charge < -0.3 is 24.5 Å². The summed E-state index contributed by atoms with van der Waals surface area (Å²) in [7, 11) is 0. The second kappa shape index (κ2) is 6.34. The van der Waals surface area contributed by atoms with Crippen LogP contribution in [0, 0.1) is 0 Å². The lowest BCUT2D eigenvalue weighted by Gasteiger charge is -2.04. The maximum absolute atomic E-state index is 10.1. The molecule has 0 aromatic carbocycles. The third-order valence-corrected chi connectivity index (χ3v) is 1.78. The fourth-order valence-electron chi connectivity index (χ4n) is 1.04. The molecule has 0 aromatic heterocycles. The summed E-state index contributed by atoms with van der Waals surface area (Å²) in [6.07, 6.45) is 4.17. The molecule has 1 fully saturated rings. The van der Waals surface area contributed by atoms with Gasteiger partial charge in [0.25, 0.3) is 0 Å². The van der Waals surface area contributed by atoms with E-state index in [9.17, 15) is 4.79 Å². The Hall–Kier alpha value is -1.17. The molecule has 1 saturated heterocycles. The number of carbonyl (C=O) groups is 1. The highest BCUT2D eigenvalue weighted by atomic mass is 16.7. The molecule has 0 radical (unpaired) electrons. The number of aliphatic hydroxyl groups is 2. The predicted octanol–water partition coefficient (Wildman–Crippen LogP) is -0.258. The van der Waals surface area contributed by atoms with E-state index in [1.807, 2.05) is 0 Å². The molecule has 5 nitrogen and oxygen atoms in total. The van der Waals surface area contributed by atoms with Crippen molar-refractivity contribution < 1.29 is 24.5 Å². The van der Waals surface area contributed by atoms with Gasteiger partial charge in [-0.15, -0.1) is 0 Å². The molecular formula is C10H14O5. The van der Waals surface area contributed by atoms with Gasteiger partial charge in [0.2, 0.25) is 6.29 Å². The van der Waals surface area contributed by atoms with E-state index in [-0.39, 0.29) is 6.61 Å². The first-order valence-electron chi connectivity index (χ1n) is 4.64. The maximum atomic E-state index is 10.1. The number of aldehydes is 1. The molecule has 2 atom stereocenters. The van der Waals surface area contributed by atoms with Gasteiger partial charge in [0.1, 0.15) is 18.7 Å². The van der Waals surface area contributed by atoms with E-state index in [1.165, 1.54) is 12.2 Å². The van der Waals surface area contributed by atoms with Crippen molar-refractivity contribution in [3.05, 3.63) is 24.0 Å². The van der Waals surface area contributed by atoms with Crippen LogP contribution in [0.4, 0.5) is 0 Å². The predicted molar refractivity (Wildman–Crippen MR) is 51.8 cm³/mol. The molecule has 0 amide bonds. The van der Waals surface area contributed by atoms with Crippen molar-refractivity contribution in [2.75, 3.05) is 13.2 Å². The minimum atomic E-state index is -0.903. The van der Waals surface area contributed by atoms with Gasteiger partial charge in [0, 0.05) is 6.42 Å². The lowest BCUT2D eigenvalue weighted by molar-refractivity contribution is -0.107. The van der Waals surface area contributed by atoms with Crippen LogP contribution in [-0.4, -0.2) is 42.1 Å². The van der Waals surface area contributed by atoms with Gasteiger partial charge in [-0.3, -0.25) is 0 Å². The third kappa shape index (κ3) is 4.24. The Balaban J connectivity index is 2.36. The van der Waals surface area contributed by atoms with E-state index in [0.717, 1.165) is 6.29 Å². The molecule has 1 aliphatic heterocycles. The fraction of sp³-hybridized carbons (Fsp3) is 0.500. The molecule has 84 valence electrons. The highest BCUT2D eigenvalue weighted by Crippen LogP contribution is 2.16. The summed E-state index contributed by atoms with van der Waals surface area (Å²) in [5.41, 5.74) is 0. The number of ether oxygens (including phenoxy) is 2.